The minimum Gasteiger partial charge on any atom is -0.465 e. The van der Waals surface area contributed by atoms with Crippen molar-refractivity contribution in [1.29, 1.82) is 0 Å². The maximum atomic E-state index is 11.8. The highest BCUT2D eigenvalue weighted by molar-refractivity contribution is 7.81. The van der Waals surface area contributed by atoms with Gasteiger partial charge in [-0.05, 0) is 0 Å². The first-order valence-electron chi connectivity index (χ1n) is 5.97. The predicted molar refractivity (Wildman–Crippen MR) is 72.4 cm³/mol. The minimum atomic E-state index is -1.11. The topological polar surface area (TPSA) is 131 Å². The number of hydrogen-bond donors (Lipinski definition) is 4. The zero-order valence-corrected chi connectivity index (χ0v) is 11.8. The number of aliphatic hydroxyl groups excluding tert-OH is 2. The normalized spacial score (nSPS) is 28.6. The van der Waals surface area contributed by atoms with E-state index in [1.807, 2.05) is 4.98 Å². The SMILES string of the molecule is COC(=O)c1cn([C@@H]2O[C@H](CO)[C@H](O)[C@H]2S)c(=O)[nH]c1=O. The molecule has 0 bridgehead atoms. The lowest BCUT2D eigenvalue weighted by Crippen LogP contribution is -2.38. The van der Waals surface area contributed by atoms with Crippen LogP contribution < -0.4 is 11.2 Å². The minimum absolute atomic E-state index is 0.386. The number of aliphatic hydroxyl groups is 2. The molecule has 21 heavy (non-hydrogen) atoms. The van der Waals surface area contributed by atoms with Crippen LogP contribution in [-0.2, 0) is 9.47 Å². The van der Waals surface area contributed by atoms with Crippen molar-refractivity contribution in [2.75, 3.05) is 13.7 Å². The van der Waals surface area contributed by atoms with Gasteiger partial charge in [-0.3, -0.25) is 14.3 Å². The summed E-state index contributed by atoms with van der Waals surface area (Å²) < 4.78 is 10.7. The molecule has 1 saturated heterocycles. The number of aromatic amines is 1. The molecule has 0 spiro atoms. The van der Waals surface area contributed by atoms with Gasteiger partial charge in [0.25, 0.3) is 5.56 Å². The standard InChI is InChI=1S/C11H14N2O7S/c1-19-10(17)4-2-13(11(18)12-8(4)16)9-7(21)6(15)5(3-14)20-9/h2,5-7,9,14-15,21H,3H2,1H3,(H,12,16,18)/t5-,6+,7-,9-/m1/s1. The van der Waals surface area contributed by atoms with Crippen molar-refractivity contribution in [3.8, 4) is 0 Å². The zero-order chi connectivity index (χ0) is 15.7. The second-order valence-electron chi connectivity index (χ2n) is 4.43. The Morgan fingerprint density at radius 3 is 2.76 bits per heavy atom. The molecule has 1 aromatic heterocycles. The largest absolute Gasteiger partial charge is 0.465 e. The Hall–Kier alpha value is -1.62. The van der Waals surface area contributed by atoms with E-state index in [1.165, 1.54) is 0 Å². The van der Waals surface area contributed by atoms with Gasteiger partial charge in [0, 0.05) is 6.20 Å². The van der Waals surface area contributed by atoms with E-state index < -0.39 is 47.5 Å². The number of nitrogens with one attached hydrogen (secondary N) is 1. The summed E-state index contributed by atoms with van der Waals surface area (Å²) in [5.74, 6) is -0.919. The van der Waals surface area contributed by atoms with E-state index in [1.54, 1.807) is 0 Å². The summed E-state index contributed by atoms with van der Waals surface area (Å²) in [5.41, 5.74) is -2.11. The van der Waals surface area contributed by atoms with Crippen LogP contribution in [0.4, 0.5) is 0 Å². The summed E-state index contributed by atoms with van der Waals surface area (Å²) in [6.45, 7) is -0.462. The van der Waals surface area contributed by atoms with Gasteiger partial charge >= 0.3 is 11.7 Å². The van der Waals surface area contributed by atoms with Crippen molar-refractivity contribution in [2.24, 2.45) is 0 Å². The molecular weight excluding hydrogens is 304 g/mol. The fourth-order valence-electron chi connectivity index (χ4n) is 2.04. The lowest BCUT2D eigenvalue weighted by atomic mass is 10.2. The van der Waals surface area contributed by atoms with Gasteiger partial charge in [0.15, 0.2) is 6.23 Å². The molecular formula is C11H14N2O7S. The quantitative estimate of drug-likeness (QED) is 0.370. The lowest BCUT2D eigenvalue weighted by molar-refractivity contribution is -0.0458. The molecule has 1 aliphatic heterocycles. The van der Waals surface area contributed by atoms with E-state index in [0.29, 0.717) is 0 Å². The summed E-state index contributed by atoms with van der Waals surface area (Å²) in [4.78, 5) is 36.8. The number of nitrogens with zero attached hydrogens (tertiary/aromatic N) is 1. The molecule has 1 aliphatic rings. The molecule has 2 rings (SSSR count). The summed E-state index contributed by atoms with van der Waals surface area (Å²) in [6, 6.07) is 0. The van der Waals surface area contributed by atoms with Gasteiger partial charge in [-0.15, -0.1) is 0 Å². The number of hydrogen-bond acceptors (Lipinski definition) is 8. The third kappa shape index (κ3) is 2.75. The highest BCUT2D eigenvalue weighted by atomic mass is 32.1. The number of aromatic nitrogens is 2. The Bertz CT molecular complexity index is 655. The van der Waals surface area contributed by atoms with Crippen molar-refractivity contribution in [1.82, 2.24) is 9.55 Å². The molecule has 0 radical (unpaired) electrons. The second kappa shape index (κ2) is 6.02. The average molecular weight is 318 g/mol. The first-order chi connectivity index (χ1) is 9.90. The highest BCUT2D eigenvalue weighted by Gasteiger charge is 2.43. The van der Waals surface area contributed by atoms with Crippen LogP contribution in [-0.4, -0.2) is 56.9 Å². The number of ether oxygens (including phenoxy) is 2. The molecule has 9 nitrogen and oxygen atoms in total. The number of thiol groups is 1. The first-order valence-corrected chi connectivity index (χ1v) is 6.48. The van der Waals surface area contributed by atoms with Gasteiger partial charge in [0.05, 0.1) is 25.1 Å². The fourth-order valence-corrected chi connectivity index (χ4v) is 2.45. The molecule has 10 heteroatoms. The average Bonchev–Trinajstić information content (AvgIpc) is 2.74. The Morgan fingerprint density at radius 1 is 1.57 bits per heavy atom. The van der Waals surface area contributed by atoms with Gasteiger partial charge < -0.3 is 19.7 Å². The number of methoxy groups -OCH3 is 1. The van der Waals surface area contributed by atoms with Crippen LogP contribution in [0.15, 0.2) is 15.8 Å². The van der Waals surface area contributed by atoms with Crippen LogP contribution in [0.3, 0.4) is 0 Å². The third-order valence-electron chi connectivity index (χ3n) is 3.16. The molecule has 0 amide bonds. The predicted octanol–water partition coefficient (Wildman–Crippen LogP) is -2.13. The number of H-pyrrole nitrogens is 1. The molecule has 1 fully saturated rings. The van der Waals surface area contributed by atoms with E-state index in [-0.39, 0.29) is 5.56 Å². The van der Waals surface area contributed by atoms with Crippen LogP contribution in [0.5, 0.6) is 0 Å². The van der Waals surface area contributed by atoms with Crippen molar-refractivity contribution < 1.29 is 24.5 Å². The second-order valence-corrected chi connectivity index (χ2v) is 5.03. The smallest absolute Gasteiger partial charge is 0.345 e. The molecule has 3 N–H and O–H groups in total. The van der Waals surface area contributed by atoms with Crippen molar-refractivity contribution in [3.05, 3.63) is 32.6 Å². The lowest BCUT2D eigenvalue weighted by Gasteiger charge is -2.17. The van der Waals surface area contributed by atoms with Crippen molar-refractivity contribution in [2.45, 2.75) is 23.7 Å². The molecule has 116 valence electrons. The Kier molecular flexibility index (Phi) is 4.52. The molecule has 0 unspecified atom stereocenters. The van der Waals surface area contributed by atoms with Gasteiger partial charge in [-0.1, -0.05) is 0 Å². The van der Waals surface area contributed by atoms with E-state index in [2.05, 4.69) is 17.4 Å². The summed E-state index contributed by atoms with van der Waals surface area (Å²) in [7, 11) is 1.09. The molecule has 0 aromatic carbocycles. The summed E-state index contributed by atoms with van der Waals surface area (Å²) in [6.07, 6.45) is -2.09. The van der Waals surface area contributed by atoms with Crippen molar-refractivity contribution in [3.63, 3.8) is 0 Å². The summed E-state index contributed by atoms with van der Waals surface area (Å²) >= 11 is 4.14. The number of rotatable bonds is 3. The van der Waals surface area contributed by atoms with E-state index in [9.17, 15) is 19.5 Å². The number of carbonyl (C=O) groups is 1. The Labute approximate surface area is 123 Å². The molecule has 2 heterocycles. The maximum absolute atomic E-state index is 11.8. The first kappa shape index (κ1) is 15.8. The third-order valence-corrected chi connectivity index (χ3v) is 3.72. The van der Waals surface area contributed by atoms with Gasteiger partial charge in [0.1, 0.15) is 11.7 Å². The number of esters is 1. The fraction of sp³-hybridized carbons (Fsp3) is 0.545. The van der Waals surface area contributed by atoms with Crippen LogP contribution in [0.2, 0.25) is 0 Å². The number of carbonyl (C=O) groups excluding carboxylic acids is 1. The van der Waals surface area contributed by atoms with E-state index in [4.69, 9.17) is 9.84 Å². The van der Waals surface area contributed by atoms with Crippen LogP contribution in [0, 0.1) is 0 Å². The molecule has 4 atom stereocenters. The van der Waals surface area contributed by atoms with Crippen LogP contribution in [0.1, 0.15) is 16.6 Å². The molecule has 0 aliphatic carbocycles. The molecule has 1 aromatic rings. The van der Waals surface area contributed by atoms with Crippen LogP contribution >= 0.6 is 12.6 Å². The molecule has 0 saturated carbocycles. The van der Waals surface area contributed by atoms with Gasteiger partial charge in [-0.2, -0.15) is 12.6 Å². The Morgan fingerprint density at radius 2 is 2.24 bits per heavy atom. The monoisotopic (exact) mass is 318 g/mol. The van der Waals surface area contributed by atoms with Gasteiger partial charge in [0.2, 0.25) is 0 Å². The summed E-state index contributed by atoms with van der Waals surface area (Å²) in [5, 5.41) is 18.1. The Balaban J connectivity index is 2.47. The van der Waals surface area contributed by atoms with Crippen LogP contribution in [0.25, 0.3) is 0 Å². The van der Waals surface area contributed by atoms with Crippen molar-refractivity contribution >= 4 is 18.6 Å². The zero-order valence-electron chi connectivity index (χ0n) is 10.9. The van der Waals surface area contributed by atoms with E-state index in [0.717, 1.165) is 17.9 Å². The maximum Gasteiger partial charge on any atom is 0.345 e. The van der Waals surface area contributed by atoms with E-state index >= 15 is 0 Å². The highest BCUT2D eigenvalue weighted by Crippen LogP contribution is 2.31. The van der Waals surface area contributed by atoms with Gasteiger partial charge in [-0.25, -0.2) is 9.59 Å².